The first-order valence-corrected chi connectivity index (χ1v) is 4.58. The van der Waals surface area contributed by atoms with E-state index in [1.807, 2.05) is 0 Å². The SMILES string of the molecule is COc1ccc(Br)c(/C=C/[N+](=O)[O-])c1. The average molecular weight is 258 g/mol. The summed E-state index contributed by atoms with van der Waals surface area (Å²) < 4.78 is 5.78. The Labute approximate surface area is 89.5 Å². The van der Waals surface area contributed by atoms with E-state index in [0.717, 1.165) is 10.7 Å². The van der Waals surface area contributed by atoms with Crippen LogP contribution in [0.1, 0.15) is 5.56 Å². The molecule has 1 rings (SSSR count). The first-order valence-electron chi connectivity index (χ1n) is 3.78. The van der Waals surface area contributed by atoms with E-state index in [1.54, 1.807) is 25.3 Å². The van der Waals surface area contributed by atoms with Crippen LogP contribution in [0.15, 0.2) is 28.9 Å². The first-order chi connectivity index (χ1) is 6.63. The van der Waals surface area contributed by atoms with Crippen LogP contribution < -0.4 is 4.74 Å². The lowest BCUT2D eigenvalue weighted by molar-refractivity contribution is -0.400. The molecule has 4 nitrogen and oxygen atoms in total. The molecule has 1 aromatic rings. The van der Waals surface area contributed by atoms with Crippen LogP contribution >= 0.6 is 15.9 Å². The molecule has 0 atom stereocenters. The van der Waals surface area contributed by atoms with Gasteiger partial charge in [-0.05, 0) is 23.8 Å². The molecule has 14 heavy (non-hydrogen) atoms. The smallest absolute Gasteiger partial charge is 0.235 e. The van der Waals surface area contributed by atoms with Gasteiger partial charge in [-0.1, -0.05) is 15.9 Å². The summed E-state index contributed by atoms with van der Waals surface area (Å²) in [6, 6.07) is 5.26. The van der Waals surface area contributed by atoms with Crippen LogP contribution in [0.3, 0.4) is 0 Å². The van der Waals surface area contributed by atoms with E-state index in [2.05, 4.69) is 15.9 Å². The Bertz CT molecular complexity index is 376. The highest BCUT2D eigenvalue weighted by molar-refractivity contribution is 9.10. The number of halogens is 1. The highest BCUT2D eigenvalue weighted by atomic mass is 79.9. The van der Waals surface area contributed by atoms with Crippen molar-refractivity contribution in [3.05, 3.63) is 44.5 Å². The fraction of sp³-hybridized carbons (Fsp3) is 0.111. The molecule has 0 saturated heterocycles. The van der Waals surface area contributed by atoms with E-state index in [9.17, 15) is 10.1 Å². The molecule has 0 radical (unpaired) electrons. The second kappa shape index (κ2) is 4.76. The molecule has 5 heteroatoms. The van der Waals surface area contributed by atoms with E-state index in [1.165, 1.54) is 6.08 Å². The maximum Gasteiger partial charge on any atom is 0.235 e. The minimum atomic E-state index is -0.508. The highest BCUT2D eigenvalue weighted by Crippen LogP contribution is 2.23. The highest BCUT2D eigenvalue weighted by Gasteiger charge is 1.99. The number of nitro groups is 1. The lowest BCUT2D eigenvalue weighted by atomic mass is 10.2. The molecule has 1 aromatic carbocycles. The third kappa shape index (κ3) is 2.85. The number of benzene rings is 1. The van der Waals surface area contributed by atoms with Gasteiger partial charge in [0.2, 0.25) is 6.20 Å². The van der Waals surface area contributed by atoms with E-state index >= 15 is 0 Å². The number of rotatable bonds is 3. The van der Waals surface area contributed by atoms with Crippen molar-refractivity contribution in [3.63, 3.8) is 0 Å². The number of methoxy groups -OCH3 is 1. The van der Waals surface area contributed by atoms with Gasteiger partial charge in [0.25, 0.3) is 0 Å². The summed E-state index contributed by atoms with van der Waals surface area (Å²) in [7, 11) is 1.55. The summed E-state index contributed by atoms with van der Waals surface area (Å²) in [5.41, 5.74) is 0.709. The average Bonchev–Trinajstić information content (AvgIpc) is 2.16. The van der Waals surface area contributed by atoms with E-state index < -0.39 is 4.92 Å². The molecule has 0 aliphatic carbocycles. The quantitative estimate of drug-likeness (QED) is 0.618. The van der Waals surface area contributed by atoms with Gasteiger partial charge in [-0.3, -0.25) is 10.1 Å². The number of nitrogens with zero attached hydrogens (tertiary/aromatic N) is 1. The predicted octanol–water partition coefficient (Wildman–Crippen LogP) is 2.71. The molecule has 0 bridgehead atoms. The monoisotopic (exact) mass is 257 g/mol. The van der Waals surface area contributed by atoms with Gasteiger partial charge < -0.3 is 4.74 Å². The Hall–Kier alpha value is -1.36. The van der Waals surface area contributed by atoms with Crippen molar-refractivity contribution in [1.29, 1.82) is 0 Å². The summed E-state index contributed by atoms with van der Waals surface area (Å²) in [5.74, 6) is 0.663. The second-order valence-electron chi connectivity index (χ2n) is 2.49. The largest absolute Gasteiger partial charge is 0.497 e. The van der Waals surface area contributed by atoms with Gasteiger partial charge in [-0.15, -0.1) is 0 Å². The zero-order chi connectivity index (χ0) is 10.6. The molecule has 0 N–H and O–H groups in total. The first kappa shape index (κ1) is 10.7. The summed E-state index contributed by atoms with van der Waals surface area (Å²) in [4.78, 5) is 9.60. The summed E-state index contributed by atoms with van der Waals surface area (Å²) in [6.45, 7) is 0. The summed E-state index contributed by atoms with van der Waals surface area (Å²) in [6.07, 6.45) is 2.30. The Morgan fingerprint density at radius 3 is 2.86 bits per heavy atom. The van der Waals surface area contributed by atoms with Crippen molar-refractivity contribution in [1.82, 2.24) is 0 Å². The molecule has 0 fully saturated rings. The topological polar surface area (TPSA) is 52.4 Å². The summed E-state index contributed by atoms with van der Waals surface area (Å²) in [5, 5.41) is 10.1. The van der Waals surface area contributed by atoms with Crippen LogP contribution in [0, 0.1) is 10.1 Å². The fourth-order valence-electron chi connectivity index (χ4n) is 0.918. The van der Waals surface area contributed by atoms with E-state index in [0.29, 0.717) is 11.3 Å². The zero-order valence-electron chi connectivity index (χ0n) is 7.44. The number of hydrogen-bond acceptors (Lipinski definition) is 3. The Morgan fingerprint density at radius 2 is 2.29 bits per heavy atom. The van der Waals surface area contributed by atoms with Crippen LogP contribution in [0.2, 0.25) is 0 Å². The van der Waals surface area contributed by atoms with Crippen molar-refractivity contribution in [2.75, 3.05) is 7.11 Å². The van der Waals surface area contributed by atoms with Gasteiger partial charge in [-0.2, -0.15) is 0 Å². The maximum atomic E-state index is 10.1. The Balaban J connectivity index is 3.00. The molecular weight excluding hydrogens is 250 g/mol. The standard InChI is InChI=1S/C9H8BrNO3/c1-14-8-2-3-9(10)7(6-8)4-5-11(12)13/h2-6H,1H3/b5-4+. The molecule has 0 aromatic heterocycles. The van der Waals surface area contributed by atoms with Gasteiger partial charge in [-0.25, -0.2) is 0 Å². The van der Waals surface area contributed by atoms with E-state index in [-0.39, 0.29) is 0 Å². The molecule has 0 unspecified atom stereocenters. The maximum absolute atomic E-state index is 10.1. The minimum Gasteiger partial charge on any atom is -0.497 e. The van der Waals surface area contributed by atoms with E-state index in [4.69, 9.17) is 4.74 Å². The van der Waals surface area contributed by atoms with Gasteiger partial charge in [0.1, 0.15) is 5.75 Å². The minimum absolute atomic E-state index is 0.508. The van der Waals surface area contributed by atoms with Crippen LogP contribution in [-0.2, 0) is 0 Å². The van der Waals surface area contributed by atoms with Gasteiger partial charge in [0.05, 0.1) is 12.0 Å². The van der Waals surface area contributed by atoms with Crippen molar-refractivity contribution >= 4 is 22.0 Å². The normalized spacial score (nSPS) is 10.4. The van der Waals surface area contributed by atoms with Crippen LogP contribution in [0.25, 0.3) is 6.08 Å². The third-order valence-corrected chi connectivity index (χ3v) is 2.30. The molecule has 0 aliphatic heterocycles. The van der Waals surface area contributed by atoms with Gasteiger partial charge in [0.15, 0.2) is 0 Å². The van der Waals surface area contributed by atoms with Crippen molar-refractivity contribution in [3.8, 4) is 5.75 Å². The third-order valence-electron chi connectivity index (χ3n) is 1.58. The van der Waals surface area contributed by atoms with Gasteiger partial charge in [0, 0.05) is 10.5 Å². The second-order valence-corrected chi connectivity index (χ2v) is 3.34. The molecule has 0 aliphatic rings. The van der Waals surface area contributed by atoms with Crippen molar-refractivity contribution in [2.45, 2.75) is 0 Å². The number of ether oxygens (including phenoxy) is 1. The van der Waals surface area contributed by atoms with Gasteiger partial charge >= 0.3 is 0 Å². The van der Waals surface area contributed by atoms with Crippen LogP contribution in [0.5, 0.6) is 5.75 Å². The Morgan fingerprint density at radius 1 is 1.57 bits per heavy atom. The summed E-state index contributed by atoms with van der Waals surface area (Å²) >= 11 is 3.28. The molecule has 0 saturated carbocycles. The molecular formula is C9H8BrNO3. The van der Waals surface area contributed by atoms with Crippen molar-refractivity contribution in [2.24, 2.45) is 0 Å². The van der Waals surface area contributed by atoms with Crippen LogP contribution in [0.4, 0.5) is 0 Å². The zero-order valence-corrected chi connectivity index (χ0v) is 9.02. The Kier molecular flexibility index (Phi) is 3.64. The molecule has 0 spiro atoms. The lowest BCUT2D eigenvalue weighted by Gasteiger charge is -2.01. The molecule has 74 valence electrons. The molecule has 0 heterocycles. The lowest BCUT2D eigenvalue weighted by Crippen LogP contribution is -1.86. The van der Waals surface area contributed by atoms with Crippen molar-refractivity contribution < 1.29 is 9.66 Å². The fourth-order valence-corrected chi connectivity index (χ4v) is 1.30. The number of hydrogen-bond donors (Lipinski definition) is 0. The molecule has 0 amide bonds. The predicted molar refractivity (Wildman–Crippen MR) is 56.7 cm³/mol. The van der Waals surface area contributed by atoms with Crippen LogP contribution in [-0.4, -0.2) is 12.0 Å².